The molecule has 90 valence electrons. The minimum absolute atomic E-state index is 0.170. The van der Waals surface area contributed by atoms with Gasteiger partial charge in [0.1, 0.15) is 0 Å². The second-order valence-corrected chi connectivity index (χ2v) is 5.46. The van der Waals surface area contributed by atoms with Gasteiger partial charge in [0.25, 0.3) is 0 Å². The van der Waals surface area contributed by atoms with Crippen molar-refractivity contribution in [1.29, 1.82) is 0 Å². The van der Waals surface area contributed by atoms with Gasteiger partial charge in [-0.1, -0.05) is 29.3 Å². The van der Waals surface area contributed by atoms with Crippen LogP contribution in [0.4, 0.5) is 0 Å². The van der Waals surface area contributed by atoms with Crippen LogP contribution in [0, 0.1) is 6.92 Å². The van der Waals surface area contributed by atoms with E-state index in [-0.39, 0.29) is 6.04 Å². The zero-order valence-corrected chi connectivity index (χ0v) is 11.5. The maximum Gasteiger partial charge on any atom is 0.0834 e. The zero-order chi connectivity index (χ0) is 12.4. The largest absolute Gasteiger partial charge is 0.271 e. The van der Waals surface area contributed by atoms with Crippen molar-refractivity contribution < 1.29 is 0 Å². The fourth-order valence-corrected chi connectivity index (χ4v) is 3.37. The van der Waals surface area contributed by atoms with Crippen LogP contribution in [0.5, 0.6) is 0 Å². The van der Waals surface area contributed by atoms with Gasteiger partial charge < -0.3 is 0 Å². The molecule has 1 heterocycles. The Labute approximate surface area is 114 Å². The number of rotatable bonds is 3. The van der Waals surface area contributed by atoms with Crippen molar-refractivity contribution in [3.63, 3.8) is 0 Å². The number of nitrogens with one attached hydrogen (secondary N) is 1. The lowest BCUT2D eigenvalue weighted by Gasteiger charge is -2.18. The molecule has 0 fully saturated rings. The molecule has 3 N–H and O–H groups in total. The van der Waals surface area contributed by atoms with Crippen molar-refractivity contribution in [2.24, 2.45) is 5.84 Å². The molecule has 0 aliphatic carbocycles. The average Bonchev–Trinajstić information content (AvgIpc) is 2.70. The van der Waals surface area contributed by atoms with E-state index in [1.54, 1.807) is 11.3 Å². The molecule has 0 spiro atoms. The lowest BCUT2D eigenvalue weighted by Crippen LogP contribution is -2.29. The molecule has 17 heavy (non-hydrogen) atoms. The van der Waals surface area contributed by atoms with Crippen molar-refractivity contribution in [1.82, 2.24) is 5.43 Å². The molecule has 2 nitrogen and oxygen atoms in total. The Kier molecular flexibility index (Phi) is 4.07. The van der Waals surface area contributed by atoms with Crippen LogP contribution in [-0.2, 0) is 0 Å². The van der Waals surface area contributed by atoms with Gasteiger partial charge in [0.15, 0.2) is 0 Å². The first kappa shape index (κ1) is 12.9. The van der Waals surface area contributed by atoms with E-state index in [2.05, 4.69) is 11.5 Å². The van der Waals surface area contributed by atoms with E-state index >= 15 is 0 Å². The van der Waals surface area contributed by atoms with Crippen LogP contribution in [0.3, 0.4) is 0 Å². The Morgan fingerprint density at radius 1 is 1.24 bits per heavy atom. The molecular formula is C12H12Cl2N2S. The van der Waals surface area contributed by atoms with E-state index in [0.29, 0.717) is 10.0 Å². The summed E-state index contributed by atoms with van der Waals surface area (Å²) in [6.07, 6.45) is 0. The number of hydrazine groups is 1. The SMILES string of the molecule is Cc1ccsc1C(NN)c1c(Cl)cccc1Cl. The van der Waals surface area contributed by atoms with Gasteiger partial charge in [0.05, 0.1) is 6.04 Å². The summed E-state index contributed by atoms with van der Waals surface area (Å²) in [5.41, 5.74) is 4.78. The fourth-order valence-electron chi connectivity index (χ4n) is 1.76. The molecule has 0 saturated heterocycles. The van der Waals surface area contributed by atoms with Gasteiger partial charge in [-0.15, -0.1) is 11.3 Å². The quantitative estimate of drug-likeness (QED) is 0.663. The average molecular weight is 287 g/mol. The van der Waals surface area contributed by atoms with Crippen LogP contribution in [0.2, 0.25) is 10.0 Å². The predicted molar refractivity (Wildman–Crippen MR) is 74.7 cm³/mol. The summed E-state index contributed by atoms with van der Waals surface area (Å²) >= 11 is 14.0. The first-order chi connectivity index (χ1) is 8.15. The van der Waals surface area contributed by atoms with Gasteiger partial charge in [0.2, 0.25) is 0 Å². The zero-order valence-electron chi connectivity index (χ0n) is 9.21. The summed E-state index contributed by atoms with van der Waals surface area (Å²) < 4.78 is 0. The van der Waals surface area contributed by atoms with Gasteiger partial charge in [-0.05, 0) is 36.1 Å². The van der Waals surface area contributed by atoms with Gasteiger partial charge in [-0.3, -0.25) is 5.84 Å². The monoisotopic (exact) mass is 286 g/mol. The van der Waals surface area contributed by atoms with E-state index in [1.165, 1.54) is 5.56 Å². The van der Waals surface area contributed by atoms with Gasteiger partial charge >= 0.3 is 0 Å². The van der Waals surface area contributed by atoms with Gasteiger partial charge in [0, 0.05) is 20.5 Å². The molecule has 1 unspecified atom stereocenters. The van der Waals surface area contributed by atoms with Crippen LogP contribution in [0.25, 0.3) is 0 Å². The number of hydrogen-bond acceptors (Lipinski definition) is 3. The second-order valence-electron chi connectivity index (χ2n) is 3.70. The van der Waals surface area contributed by atoms with E-state index in [9.17, 15) is 0 Å². The molecule has 2 aromatic rings. The second kappa shape index (κ2) is 5.38. The number of nitrogens with two attached hydrogens (primary N) is 1. The number of hydrogen-bond donors (Lipinski definition) is 2. The lowest BCUT2D eigenvalue weighted by molar-refractivity contribution is 0.644. The molecule has 0 saturated carbocycles. The van der Waals surface area contributed by atoms with Gasteiger partial charge in [-0.2, -0.15) is 0 Å². The van der Waals surface area contributed by atoms with Crippen molar-refractivity contribution >= 4 is 34.5 Å². The summed E-state index contributed by atoms with van der Waals surface area (Å²) in [5.74, 6) is 5.64. The highest BCUT2D eigenvalue weighted by atomic mass is 35.5. The molecule has 0 bridgehead atoms. The van der Waals surface area contributed by atoms with Crippen LogP contribution < -0.4 is 11.3 Å². The third-order valence-electron chi connectivity index (χ3n) is 2.62. The molecule has 1 aromatic heterocycles. The predicted octanol–water partition coefficient (Wildman–Crippen LogP) is 3.92. The molecular weight excluding hydrogens is 275 g/mol. The Morgan fingerprint density at radius 2 is 1.88 bits per heavy atom. The Morgan fingerprint density at radius 3 is 2.35 bits per heavy atom. The number of benzene rings is 1. The first-order valence-electron chi connectivity index (χ1n) is 5.09. The summed E-state index contributed by atoms with van der Waals surface area (Å²) in [7, 11) is 0. The Balaban J connectivity index is 2.53. The number of aryl methyl sites for hydroxylation is 1. The summed E-state index contributed by atoms with van der Waals surface area (Å²) in [5, 5.41) is 3.27. The summed E-state index contributed by atoms with van der Waals surface area (Å²) in [6.45, 7) is 2.04. The van der Waals surface area contributed by atoms with Gasteiger partial charge in [-0.25, -0.2) is 5.43 Å². The third-order valence-corrected chi connectivity index (χ3v) is 4.36. The molecule has 0 aliphatic rings. The van der Waals surface area contributed by atoms with Crippen LogP contribution in [-0.4, -0.2) is 0 Å². The van der Waals surface area contributed by atoms with Crippen LogP contribution >= 0.6 is 34.5 Å². The van der Waals surface area contributed by atoms with E-state index in [4.69, 9.17) is 29.0 Å². The lowest BCUT2D eigenvalue weighted by atomic mass is 10.0. The molecule has 2 rings (SSSR count). The van der Waals surface area contributed by atoms with E-state index < -0.39 is 0 Å². The van der Waals surface area contributed by atoms with Crippen LogP contribution in [0.1, 0.15) is 22.0 Å². The fraction of sp³-hybridized carbons (Fsp3) is 0.167. The van der Waals surface area contributed by atoms with E-state index in [1.807, 2.05) is 30.5 Å². The molecule has 5 heteroatoms. The number of thiophene rings is 1. The molecule has 0 radical (unpaired) electrons. The molecule has 0 aliphatic heterocycles. The summed E-state index contributed by atoms with van der Waals surface area (Å²) in [6, 6.07) is 7.33. The third kappa shape index (κ3) is 2.49. The molecule has 1 aromatic carbocycles. The van der Waals surface area contributed by atoms with Crippen molar-refractivity contribution in [2.45, 2.75) is 13.0 Å². The summed E-state index contributed by atoms with van der Waals surface area (Å²) in [4.78, 5) is 1.13. The topological polar surface area (TPSA) is 38.0 Å². The highest BCUT2D eigenvalue weighted by molar-refractivity contribution is 7.10. The van der Waals surface area contributed by atoms with Crippen molar-refractivity contribution in [3.8, 4) is 0 Å². The Hall–Kier alpha value is -0.580. The first-order valence-corrected chi connectivity index (χ1v) is 6.72. The number of halogens is 2. The molecule has 0 amide bonds. The normalized spacial score (nSPS) is 12.7. The maximum absolute atomic E-state index is 6.20. The van der Waals surface area contributed by atoms with Crippen LogP contribution in [0.15, 0.2) is 29.6 Å². The highest BCUT2D eigenvalue weighted by Crippen LogP contribution is 2.36. The minimum Gasteiger partial charge on any atom is -0.271 e. The van der Waals surface area contributed by atoms with Crippen molar-refractivity contribution in [2.75, 3.05) is 0 Å². The highest BCUT2D eigenvalue weighted by Gasteiger charge is 2.21. The molecule has 1 atom stereocenters. The minimum atomic E-state index is -0.170. The standard InChI is InChI=1S/C12H12Cl2N2S/c1-7-5-6-17-12(7)11(16-15)10-8(13)3-2-4-9(10)14/h2-6,11,16H,15H2,1H3. The van der Waals surface area contributed by atoms with E-state index in [0.717, 1.165) is 10.4 Å². The smallest absolute Gasteiger partial charge is 0.0834 e. The maximum atomic E-state index is 6.20. The van der Waals surface area contributed by atoms with Crippen molar-refractivity contribution in [3.05, 3.63) is 55.7 Å². The Bertz CT molecular complexity index is 505.